The summed E-state index contributed by atoms with van der Waals surface area (Å²) in [5.74, 6) is 0.317. The standard InChI is InChI=1S/C14H19I2O4/c1-13-5-7-4-8(13)10(20-11(13)17)9(7)19-12(18)14(2,15)6-16-3/h7-10H,4-6H2,1-3H3/q-1. The van der Waals surface area contributed by atoms with E-state index >= 15 is 0 Å². The van der Waals surface area contributed by atoms with E-state index in [-0.39, 0.29) is 56.7 Å². The van der Waals surface area contributed by atoms with Gasteiger partial charge in [-0.1, -0.05) is 0 Å². The van der Waals surface area contributed by atoms with Crippen LogP contribution in [0.15, 0.2) is 0 Å². The van der Waals surface area contributed by atoms with Crippen molar-refractivity contribution in [3.05, 3.63) is 0 Å². The van der Waals surface area contributed by atoms with E-state index in [0.29, 0.717) is 5.92 Å². The van der Waals surface area contributed by atoms with Crippen LogP contribution in [0.2, 0.25) is 0 Å². The molecule has 0 radical (unpaired) electrons. The number of ether oxygens (including phenoxy) is 2. The molecule has 0 spiro atoms. The molecule has 2 saturated carbocycles. The number of hydrogen-bond acceptors (Lipinski definition) is 4. The second-order valence-corrected chi connectivity index (χ2v) is 11.2. The summed E-state index contributed by atoms with van der Waals surface area (Å²) in [5.41, 5.74) is -0.319. The van der Waals surface area contributed by atoms with Crippen LogP contribution in [0.25, 0.3) is 0 Å². The molecule has 6 atom stereocenters. The molecule has 1 saturated heterocycles. The van der Waals surface area contributed by atoms with E-state index in [4.69, 9.17) is 9.47 Å². The van der Waals surface area contributed by atoms with Crippen LogP contribution in [0, 0.1) is 17.3 Å². The van der Waals surface area contributed by atoms with Crippen LogP contribution in [-0.2, 0) is 19.1 Å². The molecule has 20 heavy (non-hydrogen) atoms. The molecule has 0 N–H and O–H groups in total. The van der Waals surface area contributed by atoms with Crippen LogP contribution >= 0.6 is 22.6 Å². The van der Waals surface area contributed by atoms with Crippen LogP contribution in [0.1, 0.15) is 26.7 Å². The van der Waals surface area contributed by atoms with Crippen molar-refractivity contribution in [1.82, 2.24) is 0 Å². The van der Waals surface area contributed by atoms with Crippen molar-refractivity contribution >= 4 is 34.5 Å². The Hall–Kier alpha value is 0.400. The zero-order valence-electron chi connectivity index (χ0n) is 11.8. The van der Waals surface area contributed by atoms with Crippen molar-refractivity contribution in [2.75, 3.05) is 9.36 Å². The molecule has 1 aliphatic heterocycles. The molecule has 114 valence electrons. The summed E-state index contributed by atoms with van der Waals surface area (Å²) in [4.78, 5) is 26.5. The Labute approximate surface area is 143 Å². The first-order chi connectivity index (χ1) is 9.29. The molecule has 4 nitrogen and oxygen atoms in total. The summed E-state index contributed by atoms with van der Waals surface area (Å²) in [5, 5.41) is 0. The maximum absolute atomic E-state index is 12.4. The van der Waals surface area contributed by atoms with E-state index < -0.39 is 3.42 Å². The molecule has 1 heterocycles. The fraction of sp³-hybridized carbons (Fsp3) is 0.857. The number of esters is 2. The molecular formula is C14H19I2O4-. The average Bonchev–Trinajstić information content (AvgIpc) is 2.90. The van der Waals surface area contributed by atoms with E-state index in [0.717, 1.165) is 17.3 Å². The summed E-state index contributed by atoms with van der Waals surface area (Å²) in [6.07, 6.45) is 1.36. The average molecular weight is 505 g/mol. The van der Waals surface area contributed by atoms with E-state index in [1.165, 1.54) is 0 Å². The Morgan fingerprint density at radius 2 is 2.35 bits per heavy atom. The first-order valence-corrected chi connectivity index (χ1v) is 11.6. The van der Waals surface area contributed by atoms with Crippen molar-refractivity contribution in [3.8, 4) is 0 Å². The van der Waals surface area contributed by atoms with Crippen LogP contribution in [-0.4, -0.2) is 36.9 Å². The van der Waals surface area contributed by atoms with Crippen molar-refractivity contribution in [2.45, 2.75) is 42.3 Å². The van der Waals surface area contributed by atoms with Gasteiger partial charge in [0.25, 0.3) is 0 Å². The Morgan fingerprint density at radius 3 is 3.00 bits per heavy atom. The fourth-order valence-corrected chi connectivity index (χ4v) is 7.77. The molecule has 0 aromatic rings. The third kappa shape index (κ3) is 2.11. The van der Waals surface area contributed by atoms with Crippen molar-refractivity contribution in [1.29, 1.82) is 0 Å². The van der Waals surface area contributed by atoms with Crippen LogP contribution in [0.3, 0.4) is 0 Å². The Morgan fingerprint density at radius 1 is 1.65 bits per heavy atom. The van der Waals surface area contributed by atoms with Gasteiger partial charge < -0.3 is 0 Å². The number of carbonyl (C=O) groups excluding carboxylic acids is 2. The topological polar surface area (TPSA) is 52.6 Å². The van der Waals surface area contributed by atoms with Crippen molar-refractivity contribution < 1.29 is 40.3 Å². The zero-order chi connectivity index (χ0) is 14.7. The van der Waals surface area contributed by atoms with Gasteiger partial charge in [0.15, 0.2) is 0 Å². The molecule has 3 aliphatic rings. The quantitative estimate of drug-likeness (QED) is 0.274. The number of rotatable bonds is 4. The van der Waals surface area contributed by atoms with Crippen molar-refractivity contribution in [3.63, 3.8) is 0 Å². The summed E-state index contributed by atoms with van der Waals surface area (Å²) < 4.78 is 11.8. The van der Waals surface area contributed by atoms with E-state index in [1.54, 1.807) is 0 Å². The monoisotopic (exact) mass is 505 g/mol. The fourth-order valence-electron chi connectivity index (χ4n) is 3.97. The third-order valence-electron chi connectivity index (χ3n) is 5.01. The second kappa shape index (κ2) is 4.96. The van der Waals surface area contributed by atoms with Gasteiger partial charge in [-0.05, 0) is 0 Å². The second-order valence-electron chi connectivity index (χ2n) is 6.56. The SMILES string of the molecule is C[I-]CC(C)(I)C(=O)OC1C2CC3C1OC(=O)C3(C)C2. The van der Waals surface area contributed by atoms with Gasteiger partial charge in [0.2, 0.25) is 0 Å². The van der Waals surface area contributed by atoms with Gasteiger partial charge in [0.1, 0.15) is 0 Å². The normalized spacial score (nSPS) is 44.5. The summed E-state index contributed by atoms with van der Waals surface area (Å²) >= 11 is 2.24. The number of fused-ring (bicyclic) bond motifs is 1. The number of carbonyl (C=O) groups is 2. The van der Waals surface area contributed by atoms with E-state index in [9.17, 15) is 9.59 Å². The molecule has 2 bridgehead atoms. The van der Waals surface area contributed by atoms with Crippen LogP contribution < -0.4 is 21.2 Å². The molecule has 6 heteroatoms. The Bertz CT molecular complexity index is 464. The van der Waals surface area contributed by atoms with Gasteiger partial charge in [-0.3, -0.25) is 0 Å². The van der Waals surface area contributed by atoms with Gasteiger partial charge in [-0.2, -0.15) is 0 Å². The summed E-state index contributed by atoms with van der Waals surface area (Å²) in [6.45, 7) is 3.94. The van der Waals surface area contributed by atoms with Gasteiger partial charge >= 0.3 is 144 Å². The van der Waals surface area contributed by atoms with Gasteiger partial charge in [0, 0.05) is 0 Å². The molecule has 3 rings (SSSR count). The van der Waals surface area contributed by atoms with Gasteiger partial charge in [-0.15, -0.1) is 0 Å². The minimum atomic E-state index is -0.437. The number of hydrogen-bond donors (Lipinski definition) is 0. The molecule has 6 unspecified atom stereocenters. The van der Waals surface area contributed by atoms with E-state index in [2.05, 4.69) is 27.5 Å². The maximum atomic E-state index is 12.4. The number of alkyl halides is 3. The first kappa shape index (κ1) is 15.3. The van der Waals surface area contributed by atoms with Crippen LogP contribution in [0.5, 0.6) is 0 Å². The first-order valence-electron chi connectivity index (χ1n) is 6.84. The van der Waals surface area contributed by atoms with Gasteiger partial charge in [-0.25, -0.2) is 0 Å². The number of halogens is 2. The van der Waals surface area contributed by atoms with Gasteiger partial charge in [0.05, 0.1) is 0 Å². The Kier molecular flexibility index (Phi) is 3.79. The molecule has 2 aliphatic carbocycles. The van der Waals surface area contributed by atoms with E-state index in [1.807, 2.05) is 13.8 Å². The third-order valence-corrected chi connectivity index (χ3v) is 9.58. The summed E-state index contributed by atoms with van der Waals surface area (Å²) in [6, 6.07) is 0. The van der Waals surface area contributed by atoms with Crippen molar-refractivity contribution in [2.24, 2.45) is 17.3 Å². The minimum absolute atomic E-state index is 0.0422. The predicted molar refractivity (Wildman–Crippen MR) is 77.3 cm³/mol. The molecule has 0 amide bonds. The predicted octanol–water partition coefficient (Wildman–Crippen LogP) is -1.22. The summed E-state index contributed by atoms with van der Waals surface area (Å²) in [7, 11) is 0. The molecular weight excluding hydrogens is 486 g/mol. The molecule has 0 aromatic heterocycles. The Balaban J connectivity index is 1.72. The van der Waals surface area contributed by atoms with Crippen LogP contribution in [0.4, 0.5) is 0 Å². The molecule has 3 fully saturated rings. The zero-order valence-corrected chi connectivity index (χ0v) is 16.1. The molecule has 0 aromatic carbocycles.